The minimum Gasteiger partial charge on any atom is -0.492 e. The van der Waals surface area contributed by atoms with Crippen molar-refractivity contribution in [2.45, 2.75) is 39.0 Å². The van der Waals surface area contributed by atoms with Crippen LogP contribution in [0.5, 0.6) is 5.75 Å². The van der Waals surface area contributed by atoms with Gasteiger partial charge in [-0.2, -0.15) is 0 Å². The molecule has 19 heavy (non-hydrogen) atoms. The third-order valence-corrected chi connectivity index (χ3v) is 5.20. The van der Waals surface area contributed by atoms with Crippen LogP contribution in [0.1, 0.15) is 38.0 Å². The lowest BCUT2D eigenvalue weighted by atomic mass is 10.1. The van der Waals surface area contributed by atoms with Gasteiger partial charge in [0.25, 0.3) is 0 Å². The van der Waals surface area contributed by atoms with Crippen molar-refractivity contribution in [3.63, 3.8) is 0 Å². The van der Waals surface area contributed by atoms with E-state index in [0.717, 1.165) is 11.1 Å². The predicted molar refractivity (Wildman–Crippen MR) is 76.2 cm³/mol. The van der Waals surface area contributed by atoms with Crippen LogP contribution in [0.15, 0.2) is 18.2 Å². The van der Waals surface area contributed by atoms with Crippen molar-refractivity contribution in [1.29, 1.82) is 0 Å². The quantitative estimate of drug-likeness (QED) is 0.871. The number of ether oxygens (including phenoxy) is 1. The van der Waals surface area contributed by atoms with E-state index in [0.29, 0.717) is 5.75 Å². The van der Waals surface area contributed by atoms with Crippen molar-refractivity contribution in [1.82, 2.24) is 0 Å². The normalized spacial score (nSPS) is 13.6. The highest BCUT2D eigenvalue weighted by molar-refractivity contribution is 7.91. The third kappa shape index (κ3) is 4.51. The summed E-state index contributed by atoms with van der Waals surface area (Å²) in [5.74, 6) is 0.672. The van der Waals surface area contributed by atoms with Gasteiger partial charge in [0.1, 0.15) is 12.4 Å². The predicted octanol–water partition coefficient (Wildman–Crippen LogP) is 2.25. The molecule has 0 radical (unpaired) electrons. The summed E-state index contributed by atoms with van der Waals surface area (Å²) in [4.78, 5) is 0. The molecular formula is C14H22O4S. The Bertz CT molecular complexity index is 518. The molecule has 1 unspecified atom stereocenters. The minimum absolute atomic E-state index is 0.0161. The van der Waals surface area contributed by atoms with Gasteiger partial charge >= 0.3 is 0 Å². The van der Waals surface area contributed by atoms with Gasteiger partial charge in [-0.1, -0.05) is 6.07 Å². The maximum atomic E-state index is 11.6. The molecule has 108 valence electrons. The Balaban J connectivity index is 2.65. The molecule has 4 nitrogen and oxygen atoms in total. The topological polar surface area (TPSA) is 63.6 Å². The molecule has 0 aromatic heterocycles. The number of hydrogen-bond donors (Lipinski definition) is 1. The average Bonchev–Trinajstić information content (AvgIpc) is 2.30. The van der Waals surface area contributed by atoms with Crippen molar-refractivity contribution in [3.05, 3.63) is 29.3 Å². The summed E-state index contributed by atoms with van der Waals surface area (Å²) < 4.78 is 28.8. The molecule has 1 aromatic rings. The van der Waals surface area contributed by atoms with Crippen LogP contribution in [0.2, 0.25) is 0 Å². The fraction of sp³-hybridized carbons (Fsp3) is 0.571. The summed E-state index contributed by atoms with van der Waals surface area (Å²) >= 11 is 0. The fourth-order valence-electron chi connectivity index (χ4n) is 1.60. The van der Waals surface area contributed by atoms with Crippen LogP contribution < -0.4 is 4.74 Å². The van der Waals surface area contributed by atoms with Crippen LogP contribution in [-0.4, -0.2) is 31.1 Å². The molecule has 0 spiro atoms. The van der Waals surface area contributed by atoms with Crippen molar-refractivity contribution in [2.75, 3.05) is 12.4 Å². The van der Waals surface area contributed by atoms with Gasteiger partial charge in [-0.3, -0.25) is 0 Å². The van der Waals surface area contributed by atoms with Gasteiger partial charge in [-0.15, -0.1) is 0 Å². The molecule has 0 aliphatic heterocycles. The van der Waals surface area contributed by atoms with Crippen LogP contribution in [0.3, 0.4) is 0 Å². The zero-order valence-electron chi connectivity index (χ0n) is 11.9. The largest absolute Gasteiger partial charge is 0.492 e. The minimum atomic E-state index is -3.07. The average molecular weight is 286 g/mol. The van der Waals surface area contributed by atoms with Crippen molar-refractivity contribution in [3.8, 4) is 5.75 Å². The van der Waals surface area contributed by atoms with Crippen LogP contribution in [0.4, 0.5) is 0 Å². The summed E-state index contributed by atoms with van der Waals surface area (Å²) in [6.07, 6.45) is -0.519. The molecule has 0 saturated carbocycles. The van der Waals surface area contributed by atoms with E-state index in [1.54, 1.807) is 32.9 Å². The molecule has 1 rings (SSSR count). The number of aryl methyl sites for hydroxylation is 1. The summed E-state index contributed by atoms with van der Waals surface area (Å²) in [6, 6.07) is 5.39. The second-order valence-electron chi connectivity index (χ2n) is 4.97. The first kappa shape index (κ1) is 16.0. The Morgan fingerprint density at radius 1 is 1.26 bits per heavy atom. The zero-order chi connectivity index (χ0) is 14.6. The standard InChI is InChI=1S/C14H22O4S/c1-10(2)19(16,17)8-7-18-14-6-5-13(12(4)15)9-11(14)3/h5-6,9-10,12,15H,7-8H2,1-4H3. The maximum absolute atomic E-state index is 11.6. The first-order valence-electron chi connectivity index (χ1n) is 6.37. The smallest absolute Gasteiger partial charge is 0.155 e. The van der Waals surface area contributed by atoms with E-state index in [1.807, 2.05) is 13.0 Å². The van der Waals surface area contributed by atoms with E-state index in [9.17, 15) is 13.5 Å². The number of hydrogen-bond acceptors (Lipinski definition) is 4. The number of aliphatic hydroxyl groups excluding tert-OH is 1. The molecule has 1 N–H and O–H groups in total. The molecule has 0 saturated heterocycles. The van der Waals surface area contributed by atoms with Gasteiger partial charge in [0, 0.05) is 0 Å². The molecule has 5 heteroatoms. The Morgan fingerprint density at radius 3 is 2.37 bits per heavy atom. The summed E-state index contributed by atoms with van der Waals surface area (Å²) in [5.41, 5.74) is 1.71. The zero-order valence-corrected chi connectivity index (χ0v) is 12.7. The van der Waals surface area contributed by atoms with Crippen LogP contribution in [0, 0.1) is 6.92 Å². The highest BCUT2D eigenvalue weighted by Gasteiger charge is 2.16. The van der Waals surface area contributed by atoms with Gasteiger partial charge in [0.05, 0.1) is 17.1 Å². The number of rotatable bonds is 6. The van der Waals surface area contributed by atoms with Crippen molar-refractivity contribution in [2.24, 2.45) is 0 Å². The van der Waals surface area contributed by atoms with E-state index in [2.05, 4.69) is 0 Å². The molecule has 0 fully saturated rings. The highest BCUT2D eigenvalue weighted by atomic mass is 32.2. The van der Waals surface area contributed by atoms with Gasteiger partial charge in [-0.05, 0) is 51.0 Å². The third-order valence-electron chi connectivity index (χ3n) is 3.03. The van der Waals surface area contributed by atoms with Gasteiger partial charge < -0.3 is 9.84 Å². The molecule has 0 aliphatic carbocycles. The van der Waals surface area contributed by atoms with Gasteiger partial charge in [-0.25, -0.2) is 8.42 Å². The summed E-state index contributed by atoms with van der Waals surface area (Å²) in [5, 5.41) is 9.08. The molecule has 0 aliphatic rings. The number of sulfone groups is 1. The monoisotopic (exact) mass is 286 g/mol. The van der Waals surface area contributed by atoms with Crippen LogP contribution in [-0.2, 0) is 9.84 Å². The lowest BCUT2D eigenvalue weighted by molar-refractivity contribution is 0.199. The Kier molecular flexibility index (Phi) is 5.38. The molecular weight excluding hydrogens is 264 g/mol. The van der Waals surface area contributed by atoms with Crippen LogP contribution in [0.25, 0.3) is 0 Å². The molecule has 0 amide bonds. The van der Waals surface area contributed by atoms with Gasteiger partial charge in [0.2, 0.25) is 0 Å². The van der Waals surface area contributed by atoms with Crippen LogP contribution >= 0.6 is 0 Å². The second-order valence-corrected chi connectivity index (χ2v) is 7.64. The molecule has 1 atom stereocenters. The Hall–Kier alpha value is -1.07. The Labute approximate surface area is 115 Å². The highest BCUT2D eigenvalue weighted by Crippen LogP contribution is 2.22. The SMILES string of the molecule is Cc1cc(C(C)O)ccc1OCCS(=O)(=O)C(C)C. The lowest BCUT2D eigenvalue weighted by Gasteiger charge is -2.13. The first-order valence-corrected chi connectivity index (χ1v) is 8.08. The van der Waals surface area contributed by atoms with E-state index < -0.39 is 15.9 Å². The number of aliphatic hydroxyl groups is 1. The van der Waals surface area contributed by atoms with Gasteiger partial charge in [0.15, 0.2) is 9.84 Å². The van der Waals surface area contributed by atoms with E-state index in [4.69, 9.17) is 4.74 Å². The lowest BCUT2D eigenvalue weighted by Crippen LogP contribution is -2.22. The van der Waals surface area contributed by atoms with E-state index in [-0.39, 0.29) is 17.6 Å². The van der Waals surface area contributed by atoms with E-state index in [1.165, 1.54) is 0 Å². The van der Waals surface area contributed by atoms with E-state index >= 15 is 0 Å². The van der Waals surface area contributed by atoms with Crippen molar-refractivity contribution < 1.29 is 18.3 Å². The Morgan fingerprint density at radius 2 is 1.89 bits per heavy atom. The second kappa shape index (κ2) is 6.39. The first-order chi connectivity index (χ1) is 8.74. The molecule has 0 heterocycles. The molecule has 0 bridgehead atoms. The summed E-state index contributed by atoms with van der Waals surface area (Å²) in [6.45, 7) is 7.05. The number of benzene rings is 1. The fourth-order valence-corrected chi connectivity index (χ4v) is 2.38. The van der Waals surface area contributed by atoms with Crippen molar-refractivity contribution >= 4 is 9.84 Å². The molecule has 1 aromatic carbocycles. The summed E-state index contributed by atoms with van der Waals surface area (Å²) in [7, 11) is -3.07. The maximum Gasteiger partial charge on any atom is 0.155 e.